The topological polar surface area (TPSA) is 45.8 Å². The minimum atomic E-state index is -0.375. The van der Waals surface area contributed by atoms with Crippen molar-refractivity contribution in [1.82, 2.24) is 4.90 Å². The summed E-state index contributed by atoms with van der Waals surface area (Å²) >= 11 is 1.47. The quantitative estimate of drug-likeness (QED) is 0.471. The van der Waals surface area contributed by atoms with Crippen LogP contribution in [-0.2, 0) is 4.74 Å². The highest BCUT2D eigenvalue weighted by Gasteiger charge is 2.26. The van der Waals surface area contributed by atoms with Gasteiger partial charge in [0.2, 0.25) is 6.34 Å². The minimum Gasteiger partial charge on any atom is -0.431 e. The standard InChI is InChI=1S/C11H18N3O2S/c1-6-16-11(15)14-8(2)9(3)17-10(14)12-7-13(4)5/h7H,6H2,1-5H3/q+1. The zero-order valence-electron chi connectivity index (χ0n) is 10.9. The van der Waals surface area contributed by atoms with E-state index in [1.54, 1.807) is 13.3 Å². The van der Waals surface area contributed by atoms with Gasteiger partial charge in [-0.3, -0.25) is 0 Å². The van der Waals surface area contributed by atoms with Crippen LogP contribution < -0.4 is 4.57 Å². The van der Waals surface area contributed by atoms with Crippen molar-refractivity contribution < 1.29 is 14.1 Å². The van der Waals surface area contributed by atoms with Gasteiger partial charge in [0, 0.05) is 14.1 Å². The van der Waals surface area contributed by atoms with Crippen LogP contribution in [0, 0.1) is 13.8 Å². The van der Waals surface area contributed by atoms with E-state index in [9.17, 15) is 4.79 Å². The van der Waals surface area contributed by atoms with Crippen LogP contribution in [-0.4, -0.2) is 38.0 Å². The van der Waals surface area contributed by atoms with Crippen LogP contribution in [0.1, 0.15) is 17.5 Å². The SMILES string of the molecule is CCOC(=O)[n+]1c(N=CN(C)C)sc(C)c1C. The van der Waals surface area contributed by atoms with Crippen molar-refractivity contribution in [1.29, 1.82) is 0 Å². The number of thiazole rings is 1. The molecule has 0 radical (unpaired) electrons. The average molecular weight is 256 g/mol. The lowest BCUT2D eigenvalue weighted by molar-refractivity contribution is -0.574. The highest BCUT2D eigenvalue weighted by atomic mass is 32.1. The third-order valence-corrected chi connectivity index (χ3v) is 3.20. The Morgan fingerprint density at radius 3 is 2.71 bits per heavy atom. The second-order valence-corrected chi connectivity index (χ2v) is 4.95. The van der Waals surface area contributed by atoms with Crippen LogP contribution in [0.15, 0.2) is 4.99 Å². The molecule has 0 unspecified atom stereocenters. The number of aryl methyl sites for hydroxylation is 1. The normalized spacial score (nSPS) is 10.9. The highest BCUT2D eigenvalue weighted by molar-refractivity contribution is 7.15. The predicted octanol–water partition coefficient (Wildman–Crippen LogP) is 1.88. The smallest absolute Gasteiger partial charge is 0.431 e. The fraction of sp³-hybridized carbons (Fsp3) is 0.545. The number of hydrogen-bond acceptors (Lipinski definition) is 4. The largest absolute Gasteiger partial charge is 0.513 e. The maximum atomic E-state index is 11.8. The molecule has 0 N–H and O–H groups in total. The zero-order chi connectivity index (χ0) is 13.0. The third kappa shape index (κ3) is 3.26. The van der Waals surface area contributed by atoms with E-state index < -0.39 is 0 Å². The summed E-state index contributed by atoms with van der Waals surface area (Å²) in [7, 11) is 3.76. The number of aliphatic imine (C=N–C) groups is 1. The Hall–Kier alpha value is -1.43. The van der Waals surface area contributed by atoms with Gasteiger partial charge in [0.25, 0.3) is 0 Å². The van der Waals surface area contributed by atoms with Gasteiger partial charge in [-0.25, -0.2) is 0 Å². The average Bonchev–Trinajstić information content (AvgIpc) is 2.52. The highest BCUT2D eigenvalue weighted by Crippen LogP contribution is 2.22. The third-order valence-electron chi connectivity index (χ3n) is 2.13. The number of carbonyl (C=O) groups excluding carboxylic acids is 1. The molecule has 0 spiro atoms. The monoisotopic (exact) mass is 256 g/mol. The fourth-order valence-corrected chi connectivity index (χ4v) is 2.12. The van der Waals surface area contributed by atoms with Gasteiger partial charge < -0.3 is 9.64 Å². The lowest BCUT2D eigenvalue weighted by atomic mass is 10.4. The van der Waals surface area contributed by atoms with E-state index in [1.165, 1.54) is 15.9 Å². The van der Waals surface area contributed by atoms with Gasteiger partial charge in [0.05, 0.1) is 11.5 Å². The van der Waals surface area contributed by atoms with Crippen LogP contribution >= 0.6 is 11.3 Å². The van der Waals surface area contributed by atoms with Crippen LogP contribution in [0.4, 0.5) is 9.93 Å². The summed E-state index contributed by atoms with van der Waals surface area (Å²) in [6.45, 7) is 5.99. The molecule has 0 aliphatic carbocycles. The van der Waals surface area contributed by atoms with Crippen molar-refractivity contribution in [3.8, 4) is 0 Å². The van der Waals surface area contributed by atoms with Gasteiger partial charge in [-0.1, -0.05) is 0 Å². The molecule has 0 saturated carbocycles. The summed E-state index contributed by atoms with van der Waals surface area (Å²) in [6.07, 6.45) is 1.29. The van der Waals surface area contributed by atoms with Crippen molar-refractivity contribution in [2.24, 2.45) is 4.99 Å². The molecular weight excluding hydrogens is 238 g/mol. The zero-order valence-corrected chi connectivity index (χ0v) is 11.7. The summed E-state index contributed by atoms with van der Waals surface area (Å²) in [6, 6.07) is 0. The Bertz CT molecular complexity index is 438. The fourth-order valence-electron chi connectivity index (χ4n) is 1.21. The van der Waals surface area contributed by atoms with Gasteiger partial charge in [-0.05, 0) is 37.1 Å². The summed E-state index contributed by atoms with van der Waals surface area (Å²) in [5.41, 5.74) is 0.874. The van der Waals surface area contributed by atoms with Crippen LogP contribution in [0.5, 0.6) is 0 Å². The molecule has 1 aromatic heterocycles. The Labute approximate surface area is 105 Å². The van der Waals surface area contributed by atoms with Gasteiger partial charge in [0.1, 0.15) is 5.69 Å². The Morgan fingerprint density at radius 2 is 2.18 bits per heavy atom. The lowest BCUT2D eigenvalue weighted by Crippen LogP contribution is -2.44. The van der Waals surface area contributed by atoms with Crippen LogP contribution in [0.25, 0.3) is 0 Å². The first kappa shape index (κ1) is 13.6. The molecule has 94 valence electrons. The number of ether oxygens (including phenoxy) is 1. The second kappa shape index (κ2) is 5.77. The molecule has 0 aliphatic heterocycles. The van der Waals surface area contributed by atoms with Crippen molar-refractivity contribution in [2.75, 3.05) is 20.7 Å². The molecule has 1 rings (SSSR count). The predicted molar refractivity (Wildman–Crippen MR) is 68.2 cm³/mol. The lowest BCUT2D eigenvalue weighted by Gasteiger charge is -1.99. The van der Waals surface area contributed by atoms with Gasteiger partial charge in [0.15, 0.2) is 0 Å². The number of nitrogens with zero attached hydrogens (tertiary/aromatic N) is 3. The van der Waals surface area contributed by atoms with E-state index in [-0.39, 0.29) is 6.09 Å². The first-order valence-corrected chi connectivity index (χ1v) is 6.18. The first-order valence-electron chi connectivity index (χ1n) is 5.37. The van der Waals surface area contributed by atoms with E-state index in [0.29, 0.717) is 11.7 Å². The summed E-state index contributed by atoms with van der Waals surface area (Å²) in [5, 5.41) is 0.632. The van der Waals surface area contributed by atoms with Crippen LogP contribution in [0.2, 0.25) is 0 Å². The Balaban J connectivity index is 3.13. The molecule has 0 atom stereocenters. The number of aromatic nitrogens is 1. The van der Waals surface area contributed by atoms with Crippen molar-refractivity contribution in [3.63, 3.8) is 0 Å². The van der Waals surface area contributed by atoms with Crippen LogP contribution in [0.3, 0.4) is 0 Å². The maximum Gasteiger partial charge on any atom is 0.513 e. The van der Waals surface area contributed by atoms with E-state index in [4.69, 9.17) is 4.74 Å². The molecular formula is C11H18N3O2S+. The molecule has 0 fully saturated rings. The van der Waals surface area contributed by atoms with Gasteiger partial charge in [-0.2, -0.15) is 4.79 Å². The summed E-state index contributed by atoms with van der Waals surface area (Å²) < 4.78 is 6.52. The van der Waals surface area contributed by atoms with Crippen molar-refractivity contribution >= 4 is 28.9 Å². The summed E-state index contributed by atoms with van der Waals surface area (Å²) in [5.74, 6) is 0. The molecule has 1 aromatic rings. The van der Waals surface area contributed by atoms with E-state index in [0.717, 1.165) is 10.6 Å². The van der Waals surface area contributed by atoms with E-state index in [1.807, 2.05) is 32.8 Å². The second-order valence-electron chi connectivity index (χ2n) is 3.77. The van der Waals surface area contributed by atoms with Gasteiger partial charge >= 0.3 is 11.2 Å². The summed E-state index contributed by atoms with van der Waals surface area (Å²) in [4.78, 5) is 19.0. The molecule has 0 amide bonds. The Morgan fingerprint density at radius 1 is 1.53 bits per heavy atom. The van der Waals surface area contributed by atoms with Crippen molar-refractivity contribution in [2.45, 2.75) is 20.8 Å². The molecule has 5 nitrogen and oxygen atoms in total. The number of carbonyl (C=O) groups is 1. The molecule has 0 bridgehead atoms. The first-order chi connectivity index (χ1) is 7.97. The molecule has 17 heavy (non-hydrogen) atoms. The van der Waals surface area contributed by atoms with E-state index in [2.05, 4.69) is 4.99 Å². The van der Waals surface area contributed by atoms with E-state index >= 15 is 0 Å². The molecule has 0 aromatic carbocycles. The molecule has 0 aliphatic rings. The number of rotatable bonds is 3. The molecule has 6 heteroatoms. The molecule has 1 heterocycles. The maximum absolute atomic E-state index is 11.8. The molecule has 0 saturated heterocycles. The van der Waals surface area contributed by atoms with Gasteiger partial charge in [-0.15, -0.1) is 4.57 Å². The van der Waals surface area contributed by atoms with Crippen molar-refractivity contribution in [3.05, 3.63) is 10.6 Å². The minimum absolute atomic E-state index is 0.358. The number of hydrogen-bond donors (Lipinski definition) is 0. The Kier molecular flexibility index (Phi) is 4.62.